The molecular weight excluding hydrogens is 506 g/mol. The van der Waals surface area contributed by atoms with E-state index in [0.717, 1.165) is 37.7 Å². The van der Waals surface area contributed by atoms with E-state index >= 15 is 0 Å². The number of carboxylic acids is 1. The van der Waals surface area contributed by atoms with Gasteiger partial charge in [0.1, 0.15) is 0 Å². The molecule has 11 heteroatoms. The van der Waals surface area contributed by atoms with Crippen LogP contribution in [0.5, 0.6) is 0 Å². The summed E-state index contributed by atoms with van der Waals surface area (Å²) in [5.74, 6) is 0.736. The van der Waals surface area contributed by atoms with Crippen LogP contribution in [-0.2, 0) is 9.59 Å². The maximum absolute atomic E-state index is 13.1. The third kappa shape index (κ3) is 6.92. The van der Waals surface area contributed by atoms with Gasteiger partial charge in [-0.3, -0.25) is 14.6 Å². The number of hydrazine groups is 2. The number of aliphatic carboxylic acids is 1. The number of hydrogen-bond donors (Lipinski definition) is 3. The third-order valence-corrected chi connectivity index (χ3v) is 8.10. The van der Waals surface area contributed by atoms with Crippen molar-refractivity contribution in [3.05, 3.63) is 50.6 Å². The SMILES string of the molecule is Cc1ccc(NC(=O)C[C@H](CCC(=O)O)N2C(C3CC3)=C(C3CC(CC(C)CN=[N+]=[N-])C3)NN2C)c(Cl)c1. The number of halogens is 1. The van der Waals surface area contributed by atoms with Gasteiger partial charge in [0.25, 0.3) is 0 Å². The van der Waals surface area contributed by atoms with Crippen LogP contribution in [0.15, 0.2) is 34.7 Å². The van der Waals surface area contributed by atoms with E-state index in [9.17, 15) is 14.7 Å². The molecule has 1 aliphatic heterocycles. The van der Waals surface area contributed by atoms with E-state index in [1.54, 1.807) is 12.1 Å². The standard InChI is InChI=1S/C27H38ClN7O3/c1-16-4-8-23(22(28)11-16)31-24(36)14-21(7-9-25(37)38)35-27(19-5-6-19)26(32-34(35)3)20-12-18(13-20)10-17(2)15-30-33-29/h4,8,11,17-21,32H,5-7,9-10,12-15H2,1-3H3,(H,31,36)(H,37,38)/t17?,18?,20?,21-/m0/s1. The Bertz CT molecular complexity index is 1130. The van der Waals surface area contributed by atoms with Gasteiger partial charge in [0.05, 0.1) is 28.1 Å². The summed E-state index contributed by atoms with van der Waals surface area (Å²) in [6, 6.07) is 5.19. The molecule has 2 aliphatic carbocycles. The van der Waals surface area contributed by atoms with Gasteiger partial charge in [0.15, 0.2) is 0 Å². The van der Waals surface area contributed by atoms with E-state index in [0.29, 0.717) is 47.3 Å². The number of benzene rings is 1. The molecule has 1 unspecified atom stereocenters. The highest BCUT2D eigenvalue weighted by atomic mass is 35.5. The van der Waals surface area contributed by atoms with Crippen molar-refractivity contribution in [2.75, 3.05) is 18.9 Å². The predicted octanol–water partition coefficient (Wildman–Crippen LogP) is 5.86. The maximum atomic E-state index is 13.1. The van der Waals surface area contributed by atoms with Crippen molar-refractivity contribution < 1.29 is 14.7 Å². The van der Waals surface area contributed by atoms with E-state index in [2.05, 4.69) is 32.7 Å². The smallest absolute Gasteiger partial charge is 0.303 e. The van der Waals surface area contributed by atoms with Crippen LogP contribution in [-0.4, -0.2) is 46.7 Å². The zero-order valence-corrected chi connectivity index (χ0v) is 23.1. The number of allylic oxidation sites excluding steroid dienone is 2. The van der Waals surface area contributed by atoms with Crippen LogP contribution in [0.4, 0.5) is 5.69 Å². The van der Waals surface area contributed by atoms with Crippen molar-refractivity contribution in [3.8, 4) is 0 Å². The minimum absolute atomic E-state index is 0.0184. The van der Waals surface area contributed by atoms with Crippen LogP contribution >= 0.6 is 11.6 Å². The van der Waals surface area contributed by atoms with Gasteiger partial charge < -0.3 is 15.8 Å². The number of rotatable bonds is 13. The first-order valence-electron chi connectivity index (χ1n) is 13.5. The van der Waals surface area contributed by atoms with Gasteiger partial charge in [0.2, 0.25) is 5.91 Å². The van der Waals surface area contributed by atoms with Crippen molar-refractivity contribution in [2.24, 2.45) is 28.8 Å². The normalized spacial score (nSPS) is 22.8. The van der Waals surface area contributed by atoms with Crippen LogP contribution < -0.4 is 10.7 Å². The summed E-state index contributed by atoms with van der Waals surface area (Å²) in [5.41, 5.74) is 16.1. The van der Waals surface area contributed by atoms with Crippen molar-refractivity contribution in [1.82, 2.24) is 15.6 Å². The predicted molar refractivity (Wildman–Crippen MR) is 147 cm³/mol. The molecule has 3 aliphatic rings. The molecule has 1 heterocycles. The lowest BCUT2D eigenvalue weighted by molar-refractivity contribution is -0.138. The quantitative estimate of drug-likeness (QED) is 0.162. The van der Waals surface area contributed by atoms with Gasteiger partial charge in [0, 0.05) is 43.2 Å². The highest BCUT2D eigenvalue weighted by Crippen LogP contribution is 2.50. The fourth-order valence-electron chi connectivity index (χ4n) is 5.80. The number of carboxylic acid groups (broad SMARTS) is 1. The summed E-state index contributed by atoms with van der Waals surface area (Å²) in [6.45, 7) is 4.60. The molecule has 0 aromatic heterocycles. The molecule has 4 rings (SSSR count). The largest absolute Gasteiger partial charge is 0.481 e. The second-order valence-corrected chi connectivity index (χ2v) is 11.6. The second-order valence-electron chi connectivity index (χ2n) is 11.2. The molecule has 2 fully saturated rings. The number of carbonyl (C=O) groups is 2. The van der Waals surface area contributed by atoms with Crippen molar-refractivity contribution in [2.45, 2.75) is 71.3 Å². The number of nitrogens with zero attached hydrogens (tertiary/aromatic N) is 5. The number of azide groups is 1. The highest BCUT2D eigenvalue weighted by Gasteiger charge is 2.46. The number of carbonyl (C=O) groups excluding carboxylic acids is 1. The Balaban J connectivity index is 1.48. The second kappa shape index (κ2) is 12.3. The monoisotopic (exact) mass is 543 g/mol. The Morgan fingerprint density at radius 1 is 1.32 bits per heavy atom. The molecule has 206 valence electrons. The number of anilines is 1. The van der Waals surface area contributed by atoms with E-state index in [4.69, 9.17) is 17.1 Å². The molecular formula is C27H38ClN7O3. The summed E-state index contributed by atoms with van der Waals surface area (Å²) in [5, 5.41) is 20.6. The first kappa shape index (κ1) is 28.1. The Hall–Kier alpha value is -2.94. The van der Waals surface area contributed by atoms with Crippen LogP contribution in [0, 0.1) is 30.6 Å². The van der Waals surface area contributed by atoms with E-state index in [1.807, 2.05) is 25.2 Å². The van der Waals surface area contributed by atoms with Gasteiger partial charge in [-0.25, -0.2) is 0 Å². The van der Waals surface area contributed by atoms with Crippen LogP contribution in [0.1, 0.15) is 63.9 Å². The van der Waals surface area contributed by atoms with Crippen LogP contribution in [0.3, 0.4) is 0 Å². The van der Waals surface area contributed by atoms with E-state index in [1.165, 1.54) is 11.4 Å². The number of nitrogens with one attached hydrogen (secondary N) is 2. The molecule has 1 amide bonds. The number of hydrogen-bond acceptors (Lipinski definition) is 6. The molecule has 10 nitrogen and oxygen atoms in total. The first-order valence-corrected chi connectivity index (χ1v) is 13.9. The van der Waals surface area contributed by atoms with Gasteiger partial charge in [-0.2, -0.15) is 0 Å². The highest BCUT2D eigenvalue weighted by molar-refractivity contribution is 6.33. The molecule has 2 saturated carbocycles. The molecule has 0 radical (unpaired) electrons. The van der Waals surface area contributed by atoms with Gasteiger partial charge in [-0.05, 0) is 80.5 Å². The minimum Gasteiger partial charge on any atom is -0.481 e. The Kier molecular flexibility index (Phi) is 9.07. The van der Waals surface area contributed by atoms with Crippen LogP contribution in [0.25, 0.3) is 10.4 Å². The number of amides is 1. The summed E-state index contributed by atoms with van der Waals surface area (Å²) in [7, 11) is 1.94. The lowest BCUT2D eigenvalue weighted by Crippen LogP contribution is -2.48. The number of aryl methyl sites for hydroxylation is 1. The molecule has 1 aromatic carbocycles. The molecule has 1 aromatic rings. The minimum atomic E-state index is -0.874. The summed E-state index contributed by atoms with van der Waals surface area (Å²) in [6.07, 6.45) is 5.88. The Labute approximate surface area is 229 Å². The summed E-state index contributed by atoms with van der Waals surface area (Å²) in [4.78, 5) is 27.5. The maximum Gasteiger partial charge on any atom is 0.303 e. The lowest BCUT2D eigenvalue weighted by atomic mass is 9.69. The summed E-state index contributed by atoms with van der Waals surface area (Å²) >= 11 is 6.33. The zero-order valence-electron chi connectivity index (χ0n) is 22.4. The molecule has 2 atom stereocenters. The average molecular weight is 544 g/mol. The van der Waals surface area contributed by atoms with Crippen molar-refractivity contribution >= 4 is 29.2 Å². The van der Waals surface area contributed by atoms with Gasteiger partial charge >= 0.3 is 5.97 Å². The van der Waals surface area contributed by atoms with E-state index in [-0.39, 0.29) is 24.8 Å². The van der Waals surface area contributed by atoms with Gasteiger partial charge in [-0.15, -0.1) is 5.12 Å². The Morgan fingerprint density at radius 2 is 2.05 bits per heavy atom. The van der Waals surface area contributed by atoms with Crippen molar-refractivity contribution in [3.63, 3.8) is 0 Å². The first-order chi connectivity index (χ1) is 18.2. The molecule has 3 N–H and O–H groups in total. The van der Waals surface area contributed by atoms with Gasteiger partial charge in [-0.1, -0.05) is 29.7 Å². The lowest BCUT2D eigenvalue weighted by Gasteiger charge is -2.38. The average Bonchev–Trinajstić information content (AvgIpc) is 3.61. The Morgan fingerprint density at radius 3 is 2.68 bits per heavy atom. The topological polar surface area (TPSA) is 134 Å². The zero-order chi connectivity index (χ0) is 27.4. The molecule has 0 spiro atoms. The fraction of sp³-hybridized carbons (Fsp3) is 0.630. The molecule has 38 heavy (non-hydrogen) atoms. The fourth-order valence-corrected chi connectivity index (χ4v) is 6.08. The molecule has 0 saturated heterocycles. The third-order valence-electron chi connectivity index (χ3n) is 7.79. The molecule has 0 bridgehead atoms. The van der Waals surface area contributed by atoms with Crippen LogP contribution in [0.2, 0.25) is 5.02 Å². The van der Waals surface area contributed by atoms with E-state index < -0.39 is 5.97 Å². The summed E-state index contributed by atoms with van der Waals surface area (Å²) < 4.78 is 0. The van der Waals surface area contributed by atoms with Crippen molar-refractivity contribution in [1.29, 1.82) is 0 Å².